The Bertz CT molecular complexity index is 879. The highest BCUT2D eigenvalue weighted by Crippen LogP contribution is 2.31. The van der Waals surface area contributed by atoms with Crippen LogP contribution >= 0.6 is 0 Å². The van der Waals surface area contributed by atoms with Crippen LogP contribution in [0.3, 0.4) is 0 Å². The van der Waals surface area contributed by atoms with E-state index >= 15 is 0 Å². The zero-order valence-corrected chi connectivity index (χ0v) is 18.2. The van der Waals surface area contributed by atoms with E-state index in [0.29, 0.717) is 13.0 Å². The Hall–Kier alpha value is -3.02. The van der Waals surface area contributed by atoms with E-state index in [9.17, 15) is 4.79 Å². The minimum absolute atomic E-state index is 0.0590. The fourth-order valence-electron chi connectivity index (χ4n) is 3.88. The fraction of sp³-hybridized carbons (Fsp3) is 0.417. The molecule has 1 atom stereocenters. The molecular formula is C24H33N5O. The van der Waals surface area contributed by atoms with E-state index in [1.54, 1.807) is 0 Å². The molecular weight excluding hydrogens is 374 g/mol. The van der Waals surface area contributed by atoms with E-state index in [1.165, 1.54) is 11.3 Å². The molecule has 0 radical (unpaired) electrons. The average Bonchev–Trinajstić information content (AvgIpc) is 2.75. The van der Waals surface area contributed by atoms with Gasteiger partial charge in [-0.1, -0.05) is 36.4 Å². The van der Waals surface area contributed by atoms with Crippen molar-refractivity contribution in [2.75, 3.05) is 42.9 Å². The molecule has 0 bridgehead atoms. The number of benzene rings is 2. The number of carbonyl (C=O) groups is 1. The van der Waals surface area contributed by atoms with Gasteiger partial charge in [0.25, 0.3) is 0 Å². The molecule has 2 aromatic rings. The number of guanidine groups is 1. The lowest BCUT2D eigenvalue weighted by atomic mass is 9.91. The van der Waals surface area contributed by atoms with Gasteiger partial charge in [0.15, 0.2) is 5.96 Å². The van der Waals surface area contributed by atoms with Gasteiger partial charge in [-0.3, -0.25) is 9.79 Å². The molecule has 0 aliphatic carbocycles. The van der Waals surface area contributed by atoms with Gasteiger partial charge in [-0.05, 0) is 44.0 Å². The molecule has 0 saturated heterocycles. The maximum Gasteiger partial charge on any atom is 0.225 e. The van der Waals surface area contributed by atoms with Gasteiger partial charge in [-0.25, -0.2) is 0 Å². The third-order valence-electron chi connectivity index (χ3n) is 5.43. The van der Waals surface area contributed by atoms with E-state index in [2.05, 4.69) is 72.0 Å². The van der Waals surface area contributed by atoms with Crippen molar-refractivity contribution >= 4 is 23.2 Å². The van der Waals surface area contributed by atoms with Crippen LogP contribution in [0.15, 0.2) is 53.5 Å². The number of fused-ring (bicyclic) bond motifs is 1. The summed E-state index contributed by atoms with van der Waals surface area (Å²) in [4.78, 5) is 19.2. The van der Waals surface area contributed by atoms with Crippen molar-refractivity contribution in [2.24, 2.45) is 4.99 Å². The van der Waals surface area contributed by atoms with E-state index in [1.807, 2.05) is 18.2 Å². The third kappa shape index (κ3) is 5.53. The van der Waals surface area contributed by atoms with E-state index in [-0.39, 0.29) is 11.8 Å². The van der Waals surface area contributed by atoms with Gasteiger partial charge < -0.3 is 20.9 Å². The molecule has 0 fully saturated rings. The summed E-state index contributed by atoms with van der Waals surface area (Å²) in [7, 11) is 0. The summed E-state index contributed by atoms with van der Waals surface area (Å²) in [5.74, 6) is 0.954. The number of amides is 1. The van der Waals surface area contributed by atoms with Crippen molar-refractivity contribution in [2.45, 2.75) is 33.1 Å². The first-order valence-electron chi connectivity index (χ1n) is 10.8. The number of hydrogen-bond donors (Lipinski definition) is 3. The fourth-order valence-corrected chi connectivity index (χ4v) is 3.88. The lowest BCUT2D eigenvalue weighted by Crippen LogP contribution is -2.42. The average molecular weight is 408 g/mol. The largest absolute Gasteiger partial charge is 0.370 e. The lowest BCUT2D eigenvalue weighted by molar-refractivity contribution is -0.116. The summed E-state index contributed by atoms with van der Waals surface area (Å²) in [5.41, 5.74) is 4.62. The van der Waals surface area contributed by atoms with Gasteiger partial charge in [-0.2, -0.15) is 0 Å². The second kappa shape index (κ2) is 10.7. The summed E-state index contributed by atoms with van der Waals surface area (Å²) >= 11 is 0. The molecule has 0 spiro atoms. The van der Waals surface area contributed by atoms with Crippen molar-refractivity contribution in [3.8, 4) is 0 Å². The Morgan fingerprint density at radius 2 is 1.90 bits per heavy atom. The Morgan fingerprint density at radius 1 is 1.13 bits per heavy atom. The highest BCUT2D eigenvalue weighted by atomic mass is 16.1. The molecule has 30 heavy (non-hydrogen) atoms. The van der Waals surface area contributed by atoms with Crippen LogP contribution in [-0.2, 0) is 4.79 Å². The zero-order chi connectivity index (χ0) is 21.3. The number of aryl methyl sites for hydroxylation is 1. The van der Waals surface area contributed by atoms with Crippen molar-refractivity contribution in [1.82, 2.24) is 10.6 Å². The predicted octanol–water partition coefficient (Wildman–Crippen LogP) is 3.50. The molecule has 0 aromatic heterocycles. The van der Waals surface area contributed by atoms with Gasteiger partial charge >= 0.3 is 0 Å². The van der Waals surface area contributed by atoms with Crippen LogP contribution < -0.4 is 20.9 Å². The van der Waals surface area contributed by atoms with E-state index in [4.69, 9.17) is 4.99 Å². The maximum absolute atomic E-state index is 12.1. The van der Waals surface area contributed by atoms with E-state index < -0.39 is 0 Å². The third-order valence-corrected chi connectivity index (χ3v) is 5.43. The normalized spacial score (nSPS) is 15.9. The molecule has 1 aliphatic heterocycles. The van der Waals surface area contributed by atoms with Gasteiger partial charge in [0, 0.05) is 49.9 Å². The number of aliphatic imine (C=N–C) groups is 1. The molecule has 2 aromatic carbocycles. The number of para-hydroxylation sites is 2. The van der Waals surface area contributed by atoms with Gasteiger partial charge in [0.05, 0.1) is 6.54 Å². The van der Waals surface area contributed by atoms with Crippen LogP contribution in [0.1, 0.15) is 37.3 Å². The monoisotopic (exact) mass is 407 g/mol. The van der Waals surface area contributed by atoms with Gasteiger partial charge in [0.2, 0.25) is 5.91 Å². The molecule has 0 saturated carbocycles. The second-order valence-corrected chi connectivity index (χ2v) is 7.55. The summed E-state index contributed by atoms with van der Waals surface area (Å²) in [6.45, 7) is 10.4. The topological polar surface area (TPSA) is 68.8 Å². The first-order valence-corrected chi connectivity index (χ1v) is 10.8. The van der Waals surface area contributed by atoms with E-state index in [0.717, 1.165) is 43.4 Å². The molecule has 3 rings (SSSR count). The van der Waals surface area contributed by atoms with Crippen LogP contribution in [0.25, 0.3) is 0 Å². The Morgan fingerprint density at radius 3 is 2.67 bits per heavy atom. The predicted molar refractivity (Wildman–Crippen MR) is 125 cm³/mol. The first kappa shape index (κ1) is 21.7. The van der Waals surface area contributed by atoms with Crippen LogP contribution in [0.2, 0.25) is 0 Å². The SMILES string of the molecule is CCNC(=NCC1CC(=O)Nc2ccccc21)NCCN(CC)c1ccccc1C. The number of rotatable bonds is 8. The summed E-state index contributed by atoms with van der Waals surface area (Å²) in [6.07, 6.45) is 0.469. The maximum atomic E-state index is 12.1. The number of nitrogens with zero attached hydrogens (tertiary/aromatic N) is 2. The zero-order valence-electron chi connectivity index (χ0n) is 18.2. The van der Waals surface area contributed by atoms with Crippen molar-refractivity contribution < 1.29 is 4.79 Å². The molecule has 3 N–H and O–H groups in total. The molecule has 160 valence electrons. The minimum Gasteiger partial charge on any atom is -0.370 e. The first-order chi connectivity index (χ1) is 14.6. The quantitative estimate of drug-likeness (QED) is 0.463. The van der Waals surface area contributed by atoms with Gasteiger partial charge in [-0.15, -0.1) is 0 Å². The van der Waals surface area contributed by atoms with Crippen molar-refractivity contribution in [3.63, 3.8) is 0 Å². The molecule has 1 unspecified atom stereocenters. The lowest BCUT2D eigenvalue weighted by Gasteiger charge is -2.26. The van der Waals surface area contributed by atoms with Crippen LogP contribution in [-0.4, -0.2) is 44.6 Å². The smallest absolute Gasteiger partial charge is 0.225 e. The number of nitrogens with one attached hydrogen (secondary N) is 3. The number of likely N-dealkylation sites (N-methyl/N-ethyl adjacent to an activating group) is 1. The Kier molecular flexibility index (Phi) is 7.71. The summed E-state index contributed by atoms with van der Waals surface area (Å²) in [5, 5.41) is 9.72. The molecule has 6 heteroatoms. The Labute approximate surface area is 179 Å². The standard InChI is InChI=1S/C24H33N5O/c1-4-25-24(26-14-15-29(5-2)22-13-9-6-10-18(22)3)27-17-19-16-23(30)28-21-12-8-7-11-20(19)21/h6-13,19H,4-5,14-17H2,1-3H3,(H,28,30)(H2,25,26,27). The van der Waals surface area contributed by atoms with Crippen LogP contribution in [0.4, 0.5) is 11.4 Å². The van der Waals surface area contributed by atoms with Crippen LogP contribution in [0.5, 0.6) is 0 Å². The minimum atomic E-state index is 0.0590. The summed E-state index contributed by atoms with van der Waals surface area (Å²) in [6, 6.07) is 16.5. The second-order valence-electron chi connectivity index (χ2n) is 7.55. The summed E-state index contributed by atoms with van der Waals surface area (Å²) < 4.78 is 0. The molecule has 1 aliphatic rings. The number of anilines is 2. The highest BCUT2D eigenvalue weighted by molar-refractivity contribution is 5.94. The number of carbonyl (C=O) groups excluding carboxylic acids is 1. The number of hydrogen-bond acceptors (Lipinski definition) is 3. The van der Waals surface area contributed by atoms with Crippen molar-refractivity contribution in [1.29, 1.82) is 0 Å². The highest BCUT2D eigenvalue weighted by Gasteiger charge is 2.24. The Balaban J connectivity index is 1.61. The molecule has 1 amide bonds. The molecule has 6 nitrogen and oxygen atoms in total. The van der Waals surface area contributed by atoms with Crippen molar-refractivity contribution in [3.05, 3.63) is 59.7 Å². The molecule has 1 heterocycles. The van der Waals surface area contributed by atoms with Crippen LogP contribution in [0, 0.1) is 6.92 Å². The van der Waals surface area contributed by atoms with Gasteiger partial charge in [0.1, 0.15) is 0 Å².